The summed E-state index contributed by atoms with van der Waals surface area (Å²) < 4.78 is 18.3. The summed E-state index contributed by atoms with van der Waals surface area (Å²) >= 11 is 0. The number of carbonyl (C=O) groups is 1. The smallest absolute Gasteiger partial charge is 0.223 e. The summed E-state index contributed by atoms with van der Waals surface area (Å²) in [5, 5.41) is 12.9. The average molecular weight is 329 g/mol. The van der Waals surface area contributed by atoms with Gasteiger partial charge in [0.15, 0.2) is 0 Å². The minimum atomic E-state index is -0.772. The number of ether oxygens (including phenoxy) is 1. The highest BCUT2D eigenvalue weighted by Crippen LogP contribution is 2.47. The van der Waals surface area contributed by atoms with E-state index in [1.165, 1.54) is 12.1 Å². The molecule has 1 aliphatic rings. The van der Waals surface area contributed by atoms with Crippen molar-refractivity contribution >= 4 is 5.91 Å². The van der Waals surface area contributed by atoms with E-state index in [4.69, 9.17) is 4.74 Å². The topological polar surface area (TPSA) is 58.6 Å². The van der Waals surface area contributed by atoms with Crippen LogP contribution in [-0.4, -0.2) is 24.7 Å². The lowest BCUT2D eigenvalue weighted by molar-refractivity contribution is -0.122. The second kappa shape index (κ2) is 7.01. The molecule has 0 spiro atoms. The monoisotopic (exact) mass is 329 g/mol. The lowest BCUT2D eigenvalue weighted by atomic mass is 10.1. The Morgan fingerprint density at radius 2 is 2.08 bits per heavy atom. The third kappa shape index (κ3) is 3.74. The van der Waals surface area contributed by atoms with E-state index in [0.717, 1.165) is 5.56 Å². The number of amides is 1. The second-order valence-electron chi connectivity index (χ2n) is 6.04. The molecule has 3 rings (SSSR count). The van der Waals surface area contributed by atoms with Crippen LogP contribution in [0.25, 0.3) is 0 Å². The Kier molecular flexibility index (Phi) is 4.81. The Hall–Kier alpha value is -2.40. The van der Waals surface area contributed by atoms with Gasteiger partial charge in [0.05, 0.1) is 13.2 Å². The van der Waals surface area contributed by atoms with Crippen LogP contribution in [0.3, 0.4) is 0 Å². The van der Waals surface area contributed by atoms with Gasteiger partial charge in [-0.1, -0.05) is 24.3 Å². The summed E-state index contributed by atoms with van der Waals surface area (Å²) in [5.74, 6) is 0.255. The summed E-state index contributed by atoms with van der Waals surface area (Å²) in [6.45, 7) is 0.150. The van der Waals surface area contributed by atoms with Crippen molar-refractivity contribution in [1.29, 1.82) is 0 Å². The van der Waals surface area contributed by atoms with Crippen molar-refractivity contribution < 1.29 is 19.0 Å². The fraction of sp³-hybridized carbons (Fsp3) is 0.316. The first-order valence-electron chi connectivity index (χ1n) is 7.93. The molecule has 2 aromatic rings. The first-order valence-corrected chi connectivity index (χ1v) is 7.93. The Morgan fingerprint density at radius 1 is 1.33 bits per heavy atom. The van der Waals surface area contributed by atoms with Crippen molar-refractivity contribution in [3.63, 3.8) is 0 Å². The van der Waals surface area contributed by atoms with Gasteiger partial charge in [0.2, 0.25) is 5.91 Å². The number of hydrogen-bond donors (Lipinski definition) is 2. The number of nitrogens with one attached hydrogen (secondary N) is 1. The number of halogens is 1. The number of rotatable bonds is 6. The molecule has 1 saturated carbocycles. The van der Waals surface area contributed by atoms with Crippen LogP contribution in [-0.2, 0) is 4.79 Å². The highest BCUT2D eigenvalue weighted by Gasteiger charge is 2.43. The Morgan fingerprint density at radius 3 is 2.75 bits per heavy atom. The van der Waals surface area contributed by atoms with Gasteiger partial charge in [-0.2, -0.15) is 0 Å². The standard InChI is InChI=1S/C19H20FNO3/c1-24-15-7-5-12(6-8-15)18(22)11-21-19(23)17-10-16(17)13-3-2-4-14(20)9-13/h2-9,16-18,22H,10-11H2,1H3,(H,21,23). The average Bonchev–Trinajstić information content (AvgIpc) is 3.40. The zero-order chi connectivity index (χ0) is 17.1. The van der Waals surface area contributed by atoms with Crippen LogP contribution in [0.4, 0.5) is 4.39 Å². The second-order valence-corrected chi connectivity index (χ2v) is 6.04. The third-order valence-electron chi connectivity index (χ3n) is 4.37. The molecule has 0 heterocycles. The van der Waals surface area contributed by atoms with Crippen molar-refractivity contribution in [1.82, 2.24) is 5.32 Å². The van der Waals surface area contributed by atoms with Gasteiger partial charge in [0.1, 0.15) is 11.6 Å². The number of hydrogen-bond acceptors (Lipinski definition) is 3. The van der Waals surface area contributed by atoms with E-state index in [-0.39, 0.29) is 30.1 Å². The van der Waals surface area contributed by atoms with E-state index in [2.05, 4.69) is 5.32 Å². The normalized spacial score (nSPS) is 20.3. The molecule has 126 valence electrons. The van der Waals surface area contributed by atoms with Gasteiger partial charge in [-0.05, 0) is 47.7 Å². The van der Waals surface area contributed by atoms with E-state index in [9.17, 15) is 14.3 Å². The Balaban J connectivity index is 1.51. The number of carbonyl (C=O) groups excluding carboxylic acids is 1. The van der Waals surface area contributed by atoms with Crippen molar-refractivity contribution in [3.8, 4) is 5.75 Å². The van der Waals surface area contributed by atoms with E-state index >= 15 is 0 Å². The molecule has 24 heavy (non-hydrogen) atoms. The van der Waals surface area contributed by atoms with Gasteiger partial charge in [-0.3, -0.25) is 4.79 Å². The first-order chi connectivity index (χ1) is 11.6. The van der Waals surface area contributed by atoms with E-state index < -0.39 is 6.10 Å². The van der Waals surface area contributed by atoms with Crippen LogP contribution in [0.1, 0.15) is 29.6 Å². The van der Waals surface area contributed by atoms with Crippen molar-refractivity contribution in [3.05, 3.63) is 65.5 Å². The SMILES string of the molecule is COc1ccc(C(O)CNC(=O)C2CC2c2cccc(F)c2)cc1. The fourth-order valence-electron chi connectivity index (χ4n) is 2.86. The van der Waals surface area contributed by atoms with Gasteiger partial charge in [-0.25, -0.2) is 4.39 Å². The highest BCUT2D eigenvalue weighted by molar-refractivity contribution is 5.82. The third-order valence-corrected chi connectivity index (χ3v) is 4.37. The van der Waals surface area contributed by atoms with Crippen LogP contribution < -0.4 is 10.1 Å². The molecule has 0 aromatic heterocycles. The molecule has 1 aliphatic carbocycles. The van der Waals surface area contributed by atoms with Gasteiger partial charge < -0.3 is 15.2 Å². The van der Waals surface area contributed by atoms with Crippen molar-refractivity contribution in [2.24, 2.45) is 5.92 Å². The lowest BCUT2D eigenvalue weighted by Gasteiger charge is -2.13. The first kappa shape index (κ1) is 16.5. The largest absolute Gasteiger partial charge is 0.497 e. The van der Waals surface area contributed by atoms with Gasteiger partial charge in [0.25, 0.3) is 0 Å². The molecule has 1 amide bonds. The zero-order valence-corrected chi connectivity index (χ0v) is 13.4. The highest BCUT2D eigenvalue weighted by atomic mass is 19.1. The molecule has 0 bridgehead atoms. The number of aliphatic hydroxyl groups excluding tert-OH is 1. The molecular weight excluding hydrogens is 309 g/mol. The lowest BCUT2D eigenvalue weighted by Crippen LogP contribution is -2.30. The maximum atomic E-state index is 13.2. The predicted octanol–water partition coefficient (Wildman–Crippen LogP) is 2.79. The predicted molar refractivity (Wildman–Crippen MR) is 88.2 cm³/mol. The van der Waals surface area contributed by atoms with Crippen LogP contribution in [0.5, 0.6) is 5.75 Å². The summed E-state index contributed by atoms with van der Waals surface area (Å²) in [7, 11) is 1.58. The maximum Gasteiger partial charge on any atom is 0.223 e. The Bertz CT molecular complexity index is 717. The summed E-state index contributed by atoms with van der Waals surface area (Å²) in [5.41, 5.74) is 1.57. The van der Waals surface area contributed by atoms with Crippen LogP contribution in [0.2, 0.25) is 0 Å². The molecule has 0 aliphatic heterocycles. The molecule has 0 saturated heterocycles. The van der Waals surface area contributed by atoms with Gasteiger partial charge >= 0.3 is 0 Å². The quantitative estimate of drug-likeness (QED) is 0.857. The summed E-state index contributed by atoms with van der Waals surface area (Å²) in [6.07, 6.45) is -0.0558. The fourth-order valence-corrected chi connectivity index (χ4v) is 2.86. The molecule has 2 aromatic carbocycles. The molecule has 1 fully saturated rings. The minimum absolute atomic E-state index is 0.0684. The molecule has 2 N–H and O–H groups in total. The zero-order valence-electron chi connectivity index (χ0n) is 13.4. The Labute approximate surface area is 140 Å². The molecule has 3 atom stereocenters. The summed E-state index contributed by atoms with van der Waals surface area (Å²) in [4.78, 5) is 12.2. The molecule has 5 heteroatoms. The molecule has 4 nitrogen and oxygen atoms in total. The minimum Gasteiger partial charge on any atom is -0.497 e. The van der Waals surface area contributed by atoms with E-state index in [1.807, 2.05) is 6.07 Å². The number of aliphatic hydroxyl groups is 1. The molecule has 3 unspecified atom stereocenters. The summed E-state index contributed by atoms with van der Waals surface area (Å²) in [6, 6.07) is 13.4. The maximum absolute atomic E-state index is 13.2. The van der Waals surface area contributed by atoms with Gasteiger partial charge in [-0.15, -0.1) is 0 Å². The van der Waals surface area contributed by atoms with Crippen LogP contribution >= 0.6 is 0 Å². The number of benzene rings is 2. The van der Waals surface area contributed by atoms with Crippen molar-refractivity contribution in [2.45, 2.75) is 18.4 Å². The van der Waals surface area contributed by atoms with E-state index in [0.29, 0.717) is 17.7 Å². The van der Waals surface area contributed by atoms with Crippen molar-refractivity contribution in [2.75, 3.05) is 13.7 Å². The molecule has 0 radical (unpaired) electrons. The van der Waals surface area contributed by atoms with Crippen LogP contribution in [0, 0.1) is 11.7 Å². The molecular formula is C19H20FNO3. The number of methoxy groups -OCH3 is 1. The van der Waals surface area contributed by atoms with Gasteiger partial charge in [0, 0.05) is 12.5 Å². The van der Waals surface area contributed by atoms with Crippen LogP contribution in [0.15, 0.2) is 48.5 Å². The van der Waals surface area contributed by atoms with E-state index in [1.54, 1.807) is 37.4 Å².